The van der Waals surface area contributed by atoms with E-state index in [4.69, 9.17) is 0 Å². The van der Waals surface area contributed by atoms with E-state index in [1.54, 1.807) is 0 Å². The Labute approximate surface area is 92.6 Å². The Morgan fingerprint density at radius 3 is 2.15 bits per heavy atom. The molecule has 0 heterocycles. The third-order valence-corrected chi connectivity index (χ3v) is 4.26. The van der Waals surface area contributed by atoms with Gasteiger partial charge in [0.1, 0.15) is 0 Å². The van der Waals surface area contributed by atoms with E-state index in [1.807, 2.05) is 0 Å². The summed E-state index contributed by atoms with van der Waals surface area (Å²) in [6.07, 6.45) is 4.15. The van der Waals surface area contributed by atoms with Crippen molar-refractivity contribution in [1.29, 1.82) is 0 Å². The molecule has 0 unspecified atom stereocenters. The van der Waals surface area contributed by atoms with Gasteiger partial charge in [-0.15, -0.1) is 0 Å². The summed E-state index contributed by atoms with van der Waals surface area (Å²) in [7, 11) is 0. The zero-order valence-electron chi connectivity index (χ0n) is 9.56. The zero-order valence-corrected chi connectivity index (χ0v) is 11.2. The molecule has 0 atom stereocenters. The first kappa shape index (κ1) is 13.7. The molecule has 0 saturated heterocycles. The fraction of sp³-hybridized carbons (Fsp3) is 1.00. The van der Waals surface area contributed by atoms with E-state index in [9.17, 15) is 0 Å². The molecule has 0 bridgehead atoms. The second kappa shape index (κ2) is 8.05. The number of thioether (sulfide) groups is 2. The van der Waals surface area contributed by atoms with Crippen molar-refractivity contribution >= 4 is 23.5 Å². The first-order valence-electron chi connectivity index (χ1n) is 5.28. The Bertz CT molecular complexity index is 105. The minimum atomic E-state index is 0.448. The fourth-order valence-corrected chi connectivity index (χ4v) is 2.99. The summed E-state index contributed by atoms with van der Waals surface area (Å²) in [6, 6.07) is 0. The monoisotopic (exact) mass is 220 g/mol. The van der Waals surface area contributed by atoms with E-state index in [1.165, 1.54) is 36.5 Å². The van der Waals surface area contributed by atoms with Crippen molar-refractivity contribution in [2.45, 2.75) is 51.7 Å². The Balaban J connectivity index is 3.00. The highest BCUT2D eigenvalue weighted by Gasteiger charge is 2.08. The van der Waals surface area contributed by atoms with Crippen molar-refractivity contribution in [2.24, 2.45) is 0 Å². The van der Waals surface area contributed by atoms with Gasteiger partial charge < -0.3 is 0 Å². The van der Waals surface area contributed by atoms with Crippen molar-refractivity contribution in [3.63, 3.8) is 0 Å². The topological polar surface area (TPSA) is 0 Å². The van der Waals surface area contributed by atoms with E-state index in [-0.39, 0.29) is 0 Å². The predicted octanol–water partition coefficient (Wildman–Crippen LogP) is 4.44. The molecule has 80 valence electrons. The van der Waals surface area contributed by atoms with Crippen molar-refractivity contribution in [2.75, 3.05) is 17.3 Å². The van der Waals surface area contributed by atoms with Crippen LogP contribution >= 0.6 is 23.5 Å². The van der Waals surface area contributed by atoms with Gasteiger partial charge in [0, 0.05) is 16.3 Å². The molecule has 0 aromatic rings. The highest BCUT2D eigenvalue weighted by molar-refractivity contribution is 8.03. The van der Waals surface area contributed by atoms with Crippen LogP contribution in [0.15, 0.2) is 0 Å². The maximum Gasteiger partial charge on any atom is 0.00753 e. The standard InChI is InChI=1S/C11H24S2/c1-5-6-7-8-12-9-10-13-11(2,3)4/h5-10H2,1-4H3. The van der Waals surface area contributed by atoms with Gasteiger partial charge in [0.25, 0.3) is 0 Å². The summed E-state index contributed by atoms with van der Waals surface area (Å²) in [5, 5.41) is 0. The van der Waals surface area contributed by atoms with Crippen LogP contribution in [0.25, 0.3) is 0 Å². The third kappa shape index (κ3) is 12.7. The molecule has 2 heteroatoms. The van der Waals surface area contributed by atoms with Crippen molar-refractivity contribution < 1.29 is 0 Å². The van der Waals surface area contributed by atoms with Gasteiger partial charge in [0.2, 0.25) is 0 Å². The maximum absolute atomic E-state index is 2.29. The molecule has 0 N–H and O–H groups in total. The Morgan fingerprint density at radius 1 is 0.923 bits per heavy atom. The van der Waals surface area contributed by atoms with E-state index < -0.39 is 0 Å². The van der Waals surface area contributed by atoms with E-state index in [0.29, 0.717) is 4.75 Å². The van der Waals surface area contributed by atoms with E-state index >= 15 is 0 Å². The number of rotatable bonds is 7. The lowest BCUT2D eigenvalue weighted by molar-refractivity contribution is 0.778. The van der Waals surface area contributed by atoms with Crippen LogP contribution in [-0.4, -0.2) is 22.0 Å². The molecule has 0 nitrogen and oxygen atoms in total. The van der Waals surface area contributed by atoms with Crippen LogP contribution in [0.3, 0.4) is 0 Å². The largest absolute Gasteiger partial charge is 0.161 e. The van der Waals surface area contributed by atoms with Crippen LogP contribution in [0.5, 0.6) is 0 Å². The van der Waals surface area contributed by atoms with Crippen LogP contribution in [-0.2, 0) is 0 Å². The number of hydrogen-bond acceptors (Lipinski definition) is 2. The average molecular weight is 220 g/mol. The van der Waals surface area contributed by atoms with Crippen molar-refractivity contribution in [3.8, 4) is 0 Å². The SMILES string of the molecule is CCCCCSCCSC(C)(C)C. The van der Waals surface area contributed by atoms with Crippen molar-refractivity contribution in [3.05, 3.63) is 0 Å². The van der Waals surface area contributed by atoms with E-state index in [0.717, 1.165) is 0 Å². The molecular formula is C11H24S2. The molecule has 0 saturated carbocycles. The van der Waals surface area contributed by atoms with Crippen molar-refractivity contribution in [1.82, 2.24) is 0 Å². The lowest BCUT2D eigenvalue weighted by atomic mass is 10.3. The molecule has 0 spiro atoms. The first-order valence-corrected chi connectivity index (χ1v) is 7.42. The van der Waals surface area contributed by atoms with Gasteiger partial charge >= 0.3 is 0 Å². The van der Waals surface area contributed by atoms with Gasteiger partial charge in [0.05, 0.1) is 0 Å². The van der Waals surface area contributed by atoms with E-state index in [2.05, 4.69) is 51.2 Å². The molecule has 13 heavy (non-hydrogen) atoms. The first-order chi connectivity index (χ1) is 6.06. The smallest absolute Gasteiger partial charge is 0.00753 e. The predicted molar refractivity (Wildman–Crippen MR) is 69.1 cm³/mol. The Morgan fingerprint density at radius 2 is 1.62 bits per heavy atom. The van der Waals surface area contributed by atoms with Gasteiger partial charge in [-0.1, -0.05) is 40.5 Å². The van der Waals surface area contributed by atoms with Gasteiger partial charge in [-0.05, 0) is 12.2 Å². The average Bonchev–Trinajstić information content (AvgIpc) is 2.01. The minimum Gasteiger partial charge on any atom is -0.161 e. The molecule has 0 aliphatic heterocycles. The van der Waals surface area contributed by atoms with Gasteiger partial charge in [0.15, 0.2) is 0 Å². The van der Waals surface area contributed by atoms with Gasteiger partial charge in [-0.2, -0.15) is 23.5 Å². The second-order valence-electron chi connectivity index (χ2n) is 4.28. The van der Waals surface area contributed by atoms with Crippen LogP contribution in [0.1, 0.15) is 47.0 Å². The van der Waals surface area contributed by atoms with Gasteiger partial charge in [-0.3, -0.25) is 0 Å². The highest BCUT2D eigenvalue weighted by atomic mass is 32.2. The quantitative estimate of drug-likeness (QED) is 0.582. The normalized spacial score (nSPS) is 12.0. The molecular weight excluding hydrogens is 196 g/mol. The summed E-state index contributed by atoms with van der Waals surface area (Å²) in [5.74, 6) is 3.99. The number of unbranched alkanes of at least 4 members (excludes halogenated alkanes) is 2. The summed E-state index contributed by atoms with van der Waals surface area (Å²) >= 11 is 4.19. The molecule has 0 aliphatic rings. The molecule has 0 fully saturated rings. The minimum absolute atomic E-state index is 0.448. The Hall–Kier alpha value is 0.700. The molecule has 0 rings (SSSR count). The summed E-state index contributed by atoms with van der Waals surface area (Å²) in [5.41, 5.74) is 0. The maximum atomic E-state index is 2.29. The summed E-state index contributed by atoms with van der Waals surface area (Å²) in [4.78, 5) is 0. The summed E-state index contributed by atoms with van der Waals surface area (Å²) < 4.78 is 0.448. The van der Waals surface area contributed by atoms with Crippen LogP contribution in [0, 0.1) is 0 Å². The lowest BCUT2D eigenvalue weighted by Crippen LogP contribution is -2.08. The number of hydrogen-bond donors (Lipinski definition) is 0. The lowest BCUT2D eigenvalue weighted by Gasteiger charge is -2.16. The third-order valence-electron chi connectivity index (χ3n) is 1.65. The fourth-order valence-electron chi connectivity index (χ4n) is 0.963. The Kier molecular flexibility index (Phi) is 8.48. The summed E-state index contributed by atoms with van der Waals surface area (Å²) in [6.45, 7) is 9.14. The van der Waals surface area contributed by atoms with Crippen LogP contribution in [0.4, 0.5) is 0 Å². The highest BCUT2D eigenvalue weighted by Crippen LogP contribution is 2.23. The second-order valence-corrected chi connectivity index (χ2v) is 7.43. The van der Waals surface area contributed by atoms with Crippen LogP contribution < -0.4 is 0 Å². The zero-order chi connectivity index (χ0) is 10.2. The molecule has 0 radical (unpaired) electrons. The molecule has 0 aromatic carbocycles. The van der Waals surface area contributed by atoms with Gasteiger partial charge in [-0.25, -0.2) is 0 Å². The molecule has 0 aromatic heterocycles. The molecule has 0 amide bonds. The molecule has 0 aliphatic carbocycles. The van der Waals surface area contributed by atoms with Crippen LogP contribution in [0.2, 0.25) is 0 Å².